The zero-order valence-corrected chi connectivity index (χ0v) is 9.17. The van der Waals surface area contributed by atoms with E-state index in [-0.39, 0.29) is 6.29 Å². The lowest BCUT2D eigenvalue weighted by molar-refractivity contribution is -0.327. The van der Waals surface area contributed by atoms with Gasteiger partial charge in [0.15, 0.2) is 6.29 Å². The molecule has 1 unspecified atom stereocenters. The van der Waals surface area contributed by atoms with Gasteiger partial charge in [-0.05, 0) is 6.42 Å². The Morgan fingerprint density at radius 3 is 2.64 bits per heavy atom. The Morgan fingerprint density at radius 2 is 1.93 bits per heavy atom. The molecule has 84 valence electrons. The Labute approximate surface area is 86.7 Å². The van der Waals surface area contributed by atoms with E-state index >= 15 is 0 Å². The van der Waals surface area contributed by atoms with Crippen LogP contribution in [0.3, 0.4) is 0 Å². The number of rotatable bonds is 8. The largest absolute Gasteiger partial charge is 0.350 e. The van der Waals surface area contributed by atoms with Gasteiger partial charge < -0.3 is 4.74 Å². The van der Waals surface area contributed by atoms with Crippen molar-refractivity contribution in [2.45, 2.75) is 58.2 Å². The first-order chi connectivity index (χ1) is 6.93. The van der Waals surface area contributed by atoms with Gasteiger partial charge in [-0.3, -0.25) is 0 Å². The summed E-state index contributed by atoms with van der Waals surface area (Å²) >= 11 is 0. The third-order valence-corrected chi connectivity index (χ3v) is 2.41. The third kappa shape index (κ3) is 5.58. The zero-order valence-electron chi connectivity index (χ0n) is 9.17. The molecule has 3 nitrogen and oxygen atoms in total. The van der Waals surface area contributed by atoms with Crippen LogP contribution >= 0.6 is 0 Å². The summed E-state index contributed by atoms with van der Waals surface area (Å²) in [4.78, 5) is 9.62. The number of hydrogen-bond acceptors (Lipinski definition) is 3. The second-order valence-corrected chi connectivity index (χ2v) is 3.77. The van der Waals surface area contributed by atoms with E-state index in [4.69, 9.17) is 14.5 Å². The fraction of sp³-hybridized carbons (Fsp3) is 1.00. The molecule has 3 heteroatoms. The molecule has 1 aliphatic heterocycles. The summed E-state index contributed by atoms with van der Waals surface area (Å²) in [6, 6.07) is 0. The summed E-state index contributed by atoms with van der Waals surface area (Å²) in [6.07, 6.45) is 8.54. The molecular formula is C11H22O3. The van der Waals surface area contributed by atoms with E-state index in [9.17, 15) is 0 Å². The van der Waals surface area contributed by atoms with Crippen molar-refractivity contribution in [1.29, 1.82) is 0 Å². The van der Waals surface area contributed by atoms with Crippen LogP contribution in [0.15, 0.2) is 0 Å². The van der Waals surface area contributed by atoms with Crippen LogP contribution in [0.25, 0.3) is 0 Å². The van der Waals surface area contributed by atoms with Gasteiger partial charge in [-0.25, -0.2) is 9.78 Å². The van der Waals surface area contributed by atoms with Gasteiger partial charge in [0.25, 0.3) is 0 Å². The van der Waals surface area contributed by atoms with Gasteiger partial charge >= 0.3 is 0 Å². The lowest BCUT2D eigenvalue weighted by Crippen LogP contribution is -2.11. The van der Waals surface area contributed by atoms with Crippen LogP contribution in [-0.4, -0.2) is 19.5 Å². The maximum atomic E-state index is 5.46. The highest BCUT2D eigenvalue weighted by atomic mass is 17.2. The second-order valence-electron chi connectivity index (χ2n) is 3.77. The zero-order chi connectivity index (χ0) is 10.1. The van der Waals surface area contributed by atoms with Gasteiger partial charge in [0.05, 0.1) is 6.61 Å². The number of unbranched alkanes of at least 4 members (excludes halogenated alkanes) is 5. The van der Waals surface area contributed by atoms with Crippen LogP contribution < -0.4 is 0 Å². The molecule has 14 heavy (non-hydrogen) atoms. The van der Waals surface area contributed by atoms with E-state index in [2.05, 4.69) is 6.92 Å². The van der Waals surface area contributed by atoms with Crippen LogP contribution in [0.5, 0.6) is 0 Å². The molecule has 1 heterocycles. The summed E-state index contributed by atoms with van der Waals surface area (Å²) in [5, 5.41) is 0. The van der Waals surface area contributed by atoms with Crippen LogP contribution in [0.4, 0.5) is 0 Å². The van der Waals surface area contributed by atoms with Crippen LogP contribution in [-0.2, 0) is 14.5 Å². The third-order valence-electron chi connectivity index (χ3n) is 2.41. The number of ether oxygens (including phenoxy) is 1. The smallest absolute Gasteiger partial charge is 0.193 e. The van der Waals surface area contributed by atoms with Crippen molar-refractivity contribution in [1.82, 2.24) is 0 Å². The number of hydrogen-bond donors (Lipinski definition) is 0. The second kappa shape index (κ2) is 8.21. The Balaban J connectivity index is 1.75. The molecule has 0 amide bonds. The molecule has 0 aliphatic carbocycles. The Morgan fingerprint density at radius 1 is 1.14 bits per heavy atom. The highest BCUT2D eigenvalue weighted by Crippen LogP contribution is 2.11. The topological polar surface area (TPSA) is 27.7 Å². The first-order valence-electron chi connectivity index (χ1n) is 5.83. The molecule has 0 saturated carbocycles. The van der Waals surface area contributed by atoms with Crippen LogP contribution in [0.1, 0.15) is 51.9 Å². The Bertz CT molecular complexity index is 122. The maximum Gasteiger partial charge on any atom is 0.193 e. The van der Waals surface area contributed by atoms with Gasteiger partial charge in [0.1, 0.15) is 0 Å². The summed E-state index contributed by atoms with van der Waals surface area (Å²) in [6.45, 7) is 3.71. The summed E-state index contributed by atoms with van der Waals surface area (Å²) < 4.78 is 5.46. The Hall–Kier alpha value is -0.120. The first-order valence-corrected chi connectivity index (χ1v) is 5.83. The highest BCUT2D eigenvalue weighted by Gasteiger charge is 2.16. The van der Waals surface area contributed by atoms with E-state index < -0.39 is 0 Å². The maximum absolute atomic E-state index is 5.46. The van der Waals surface area contributed by atoms with Gasteiger partial charge in [-0.1, -0.05) is 39.0 Å². The monoisotopic (exact) mass is 202 g/mol. The highest BCUT2D eigenvalue weighted by molar-refractivity contribution is 4.48. The van der Waals surface area contributed by atoms with Crippen molar-refractivity contribution < 1.29 is 14.5 Å². The SMILES string of the molecule is CCCCCCCCOC1CCOO1. The van der Waals surface area contributed by atoms with Crippen molar-refractivity contribution in [2.24, 2.45) is 0 Å². The van der Waals surface area contributed by atoms with E-state index in [1.54, 1.807) is 0 Å². The summed E-state index contributed by atoms with van der Waals surface area (Å²) in [5.74, 6) is 0. The minimum absolute atomic E-state index is 0.106. The van der Waals surface area contributed by atoms with E-state index in [0.717, 1.165) is 19.4 Å². The van der Waals surface area contributed by atoms with Crippen molar-refractivity contribution in [3.05, 3.63) is 0 Å². The minimum atomic E-state index is -0.106. The molecule has 0 N–H and O–H groups in total. The van der Waals surface area contributed by atoms with E-state index in [1.165, 1.54) is 32.1 Å². The van der Waals surface area contributed by atoms with Gasteiger partial charge in [-0.2, -0.15) is 0 Å². The average molecular weight is 202 g/mol. The average Bonchev–Trinajstić information content (AvgIpc) is 2.69. The molecule has 1 saturated heterocycles. The fourth-order valence-corrected chi connectivity index (χ4v) is 1.52. The molecule has 1 fully saturated rings. The van der Waals surface area contributed by atoms with Gasteiger partial charge in [0, 0.05) is 13.0 Å². The fourth-order valence-electron chi connectivity index (χ4n) is 1.52. The summed E-state index contributed by atoms with van der Waals surface area (Å²) in [7, 11) is 0. The normalized spacial score (nSPS) is 21.6. The molecule has 1 atom stereocenters. The standard InChI is InChI=1S/C11H22O3/c1-2-3-4-5-6-7-9-12-11-8-10-13-14-11/h11H,2-10H2,1H3. The summed E-state index contributed by atoms with van der Waals surface area (Å²) in [5.41, 5.74) is 0. The Kier molecular flexibility index (Phi) is 7.01. The molecule has 0 bridgehead atoms. The first kappa shape index (κ1) is 12.0. The van der Waals surface area contributed by atoms with Crippen molar-refractivity contribution in [2.75, 3.05) is 13.2 Å². The van der Waals surface area contributed by atoms with Crippen molar-refractivity contribution in [3.63, 3.8) is 0 Å². The molecule has 0 spiro atoms. The lowest BCUT2D eigenvalue weighted by Gasteiger charge is -2.08. The molecule has 0 aromatic heterocycles. The molecule has 0 aromatic carbocycles. The lowest BCUT2D eigenvalue weighted by atomic mass is 10.1. The molecule has 0 radical (unpaired) electrons. The predicted octanol–water partition coefficient (Wildman–Crippen LogP) is 3.04. The minimum Gasteiger partial charge on any atom is -0.350 e. The molecule has 1 aliphatic rings. The molecule has 0 aromatic rings. The van der Waals surface area contributed by atoms with Crippen molar-refractivity contribution in [3.8, 4) is 0 Å². The van der Waals surface area contributed by atoms with Gasteiger partial charge in [-0.15, -0.1) is 0 Å². The predicted molar refractivity (Wildman–Crippen MR) is 54.8 cm³/mol. The van der Waals surface area contributed by atoms with Crippen LogP contribution in [0, 0.1) is 0 Å². The van der Waals surface area contributed by atoms with E-state index in [1.807, 2.05) is 0 Å². The van der Waals surface area contributed by atoms with Gasteiger partial charge in [0.2, 0.25) is 0 Å². The van der Waals surface area contributed by atoms with Crippen molar-refractivity contribution >= 4 is 0 Å². The van der Waals surface area contributed by atoms with E-state index in [0.29, 0.717) is 6.61 Å². The quantitative estimate of drug-likeness (QED) is 0.447. The molecule has 1 rings (SSSR count). The van der Waals surface area contributed by atoms with Crippen LogP contribution in [0.2, 0.25) is 0 Å². The molecular weight excluding hydrogens is 180 g/mol.